The molecule has 0 spiro atoms. The summed E-state index contributed by atoms with van der Waals surface area (Å²) in [7, 11) is -3.17. The molecule has 0 bridgehead atoms. The lowest BCUT2D eigenvalue weighted by molar-refractivity contribution is -0.137. The second-order valence-electron chi connectivity index (χ2n) is 2.82. The molecule has 0 fully saturated rings. The summed E-state index contributed by atoms with van der Waals surface area (Å²) in [6.07, 6.45) is 0. The van der Waals surface area contributed by atoms with Crippen LogP contribution in [0.25, 0.3) is 0 Å². The van der Waals surface area contributed by atoms with Crippen LogP contribution < -0.4 is 0 Å². The van der Waals surface area contributed by atoms with Gasteiger partial charge in [-0.25, -0.2) is 4.79 Å². The topological polar surface area (TPSA) is 60.4 Å². The fourth-order valence-corrected chi connectivity index (χ4v) is 1.04. The van der Waals surface area contributed by atoms with Gasteiger partial charge < -0.3 is 4.74 Å². The van der Waals surface area contributed by atoms with Gasteiger partial charge in [0.2, 0.25) is 0 Å². The van der Waals surface area contributed by atoms with E-state index in [1.165, 1.54) is 0 Å². The van der Waals surface area contributed by atoms with Crippen LogP contribution in [0, 0.1) is 0 Å². The van der Waals surface area contributed by atoms with E-state index >= 15 is 0 Å². The Kier molecular flexibility index (Phi) is 8.18. The van der Waals surface area contributed by atoms with Gasteiger partial charge in [-0.15, -0.1) is 0 Å². The van der Waals surface area contributed by atoms with Gasteiger partial charge in [0.1, 0.15) is 6.61 Å². The Bertz CT molecular complexity index is 517. The van der Waals surface area contributed by atoms with Crippen LogP contribution in [0.15, 0.2) is 30.3 Å². The van der Waals surface area contributed by atoms with Crippen molar-refractivity contribution in [1.29, 1.82) is 0 Å². The Labute approximate surface area is 107 Å². The fourth-order valence-electron chi connectivity index (χ4n) is 0.848. The molecule has 19 heavy (non-hydrogen) atoms. The average molecular weight is 300 g/mol. The standard InChI is InChI=1S/C9H7FO4S.CHF3/c10-8(15(12)13)9(11)14-6-7-4-2-1-3-5-7;2-1(3)4/h1-5H,6H2;1H. The van der Waals surface area contributed by atoms with Crippen LogP contribution in [0.3, 0.4) is 0 Å². The highest BCUT2D eigenvalue weighted by Crippen LogP contribution is 2.01. The second-order valence-corrected chi connectivity index (χ2v) is 3.65. The molecule has 0 aliphatic rings. The van der Waals surface area contributed by atoms with E-state index < -0.39 is 28.1 Å². The maximum atomic E-state index is 12.5. The molecule has 0 radical (unpaired) electrons. The van der Waals surface area contributed by atoms with Crippen molar-refractivity contribution in [3.63, 3.8) is 0 Å². The minimum Gasteiger partial charge on any atom is -0.455 e. The van der Waals surface area contributed by atoms with Gasteiger partial charge in [-0.05, 0) is 5.56 Å². The van der Waals surface area contributed by atoms with Gasteiger partial charge in [0.15, 0.2) is 0 Å². The van der Waals surface area contributed by atoms with Crippen LogP contribution in [-0.2, 0) is 26.4 Å². The minimum atomic E-state index is -3.67. The number of hydrogen-bond donors (Lipinski definition) is 0. The van der Waals surface area contributed by atoms with Crippen molar-refractivity contribution in [3.8, 4) is 0 Å². The van der Waals surface area contributed by atoms with E-state index in [9.17, 15) is 30.8 Å². The Hall–Kier alpha value is -1.90. The molecule has 0 heterocycles. The molecule has 1 rings (SSSR count). The van der Waals surface area contributed by atoms with Crippen LogP contribution in [0.1, 0.15) is 5.56 Å². The number of alkyl halides is 3. The monoisotopic (exact) mass is 300 g/mol. The molecule has 0 saturated heterocycles. The summed E-state index contributed by atoms with van der Waals surface area (Å²) in [5.41, 5.74) is 0.648. The Morgan fingerprint density at radius 2 is 1.63 bits per heavy atom. The third-order valence-electron chi connectivity index (χ3n) is 1.52. The summed E-state index contributed by atoms with van der Waals surface area (Å²) in [6, 6.07) is 8.54. The molecular formula is C10H8F4O4S. The summed E-state index contributed by atoms with van der Waals surface area (Å²) in [5, 5.41) is -1.81. The highest BCUT2D eigenvalue weighted by Gasteiger charge is 2.13. The van der Waals surface area contributed by atoms with Crippen LogP contribution in [-0.4, -0.2) is 26.2 Å². The molecule has 1 aromatic rings. The first-order chi connectivity index (χ1) is 8.84. The molecule has 0 amide bonds. The maximum absolute atomic E-state index is 12.5. The minimum absolute atomic E-state index is 0.162. The zero-order valence-electron chi connectivity index (χ0n) is 9.22. The number of esters is 1. The van der Waals surface area contributed by atoms with E-state index in [1.54, 1.807) is 30.3 Å². The van der Waals surface area contributed by atoms with Crippen LogP contribution >= 0.6 is 0 Å². The third-order valence-corrected chi connectivity index (χ3v) is 1.98. The van der Waals surface area contributed by atoms with Crippen LogP contribution in [0.2, 0.25) is 0 Å². The largest absolute Gasteiger partial charge is 0.455 e. The molecule has 4 nitrogen and oxygen atoms in total. The number of halogens is 4. The van der Waals surface area contributed by atoms with Crippen molar-refractivity contribution in [2.24, 2.45) is 0 Å². The fraction of sp³-hybridized carbons (Fsp3) is 0.200. The summed E-state index contributed by atoms with van der Waals surface area (Å²) in [6.45, 7) is -3.83. The van der Waals surface area contributed by atoms with E-state index in [-0.39, 0.29) is 6.61 Å². The molecule has 106 valence electrons. The van der Waals surface area contributed by atoms with Gasteiger partial charge in [-0.1, -0.05) is 30.3 Å². The molecule has 0 atom stereocenters. The number of hydrogen-bond acceptors (Lipinski definition) is 4. The molecule has 0 N–H and O–H groups in total. The molecule has 1 aromatic carbocycles. The van der Waals surface area contributed by atoms with Gasteiger partial charge in [0, 0.05) is 0 Å². The van der Waals surface area contributed by atoms with E-state index in [0.717, 1.165) is 0 Å². The second kappa shape index (κ2) is 9.09. The smallest absolute Gasteiger partial charge is 0.383 e. The maximum Gasteiger partial charge on any atom is 0.383 e. The van der Waals surface area contributed by atoms with Gasteiger partial charge in [0.25, 0.3) is 10.3 Å². The number of benzene rings is 1. The summed E-state index contributed by atoms with van der Waals surface area (Å²) < 4.78 is 65.9. The Morgan fingerprint density at radius 1 is 1.16 bits per heavy atom. The molecule has 0 saturated carbocycles. The lowest BCUT2D eigenvalue weighted by Gasteiger charge is -2.00. The number of carbonyl (C=O) groups excluding carboxylic acids is 1. The van der Waals surface area contributed by atoms with Gasteiger partial charge in [-0.2, -0.15) is 26.0 Å². The first-order valence-corrected chi connectivity index (χ1v) is 5.67. The lowest BCUT2D eigenvalue weighted by Crippen LogP contribution is -2.13. The predicted octanol–water partition coefficient (Wildman–Crippen LogP) is 1.89. The summed E-state index contributed by atoms with van der Waals surface area (Å²) in [4.78, 5) is 10.7. The van der Waals surface area contributed by atoms with E-state index in [1.807, 2.05) is 0 Å². The highest BCUT2D eigenvalue weighted by atomic mass is 32.2. The number of rotatable bonds is 3. The molecule has 9 heteroatoms. The van der Waals surface area contributed by atoms with Crippen molar-refractivity contribution < 1.29 is 35.5 Å². The van der Waals surface area contributed by atoms with Crippen LogP contribution in [0.5, 0.6) is 0 Å². The molecule has 0 aromatic heterocycles. The lowest BCUT2D eigenvalue weighted by atomic mass is 10.2. The van der Waals surface area contributed by atoms with Crippen molar-refractivity contribution in [1.82, 2.24) is 0 Å². The molecule has 0 aliphatic heterocycles. The van der Waals surface area contributed by atoms with Crippen molar-refractivity contribution in [3.05, 3.63) is 35.9 Å². The van der Waals surface area contributed by atoms with Crippen LogP contribution in [0.4, 0.5) is 17.6 Å². The number of ether oxygens (including phenoxy) is 1. The Balaban J connectivity index is 0.000000711. The quantitative estimate of drug-likeness (QED) is 0.370. The molecular weight excluding hydrogens is 292 g/mol. The van der Waals surface area contributed by atoms with Crippen molar-refractivity contribution in [2.75, 3.05) is 0 Å². The zero-order chi connectivity index (χ0) is 14.8. The zero-order valence-corrected chi connectivity index (χ0v) is 10.0. The van der Waals surface area contributed by atoms with E-state index in [4.69, 9.17) is 0 Å². The predicted molar refractivity (Wildman–Crippen MR) is 58.4 cm³/mol. The van der Waals surface area contributed by atoms with E-state index in [0.29, 0.717) is 5.56 Å². The number of carbonyl (C=O) groups is 1. The van der Waals surface area contributed by atoms with Crippen molar-refractivity contribution >= 4 is 21.4 Å². The summed E-state index contributed by atoms with van der Waals surface area (Å²) >= 11 is 0. The normalized spacial score (nSPS) is 9.32. The van der Waals surface area contributed by atoms with E-state index in [2.05, 4.69) is 4.74 Å². The molecule has 0 unspecified atom stereocenters. The first-order valence-electron chi connectivity index (χ1n) is 4.59. The third kappa shape index (κ3) is 8.77. The highest BCUT2D eigenvalue weighted by molar-refractivity contribution is 7.74. The van der Waals surface area contributed by atoms with Crippen molar-refractivity contribution in [2.45, 2.75) is 13.3 Å². The average Bonchev–Trinajstić information content (AvgIpc) is 2.35. The summed E-state index contributed by atoms with van der Waals surface area (Å²) in [5.74, 6) is -1.48. The van der Waals surface area contributed by atoms with Gasteiger partial charge in [0.05, 0.1) is 0 Å². The van der Waals surface area contributed by atoms with Gasteiger partial charge >= 0.3 is 17.8 Å². The first kappa shape index (κ1) is 17.1. The Morgan fingerprint density at radius 3 is 2.05 bits per heavy atom. The SMILES string of the molecule is FC(F)F.O=C(OCc1ccccc1)C(F)=S(=O)=O. The van der Waals surface area contributed by atoms with Gasteiger partial charge in [-0.3, -0.25) is 0 Å². The molecule has 0 aliphatic carbocycles.